The molecule has 12 heavy (non-hydrogen) atoms. The summed E-state index contributed by atoms with van der Waals surface area (Å²) in [5.41, 5.74) is 0.704. The van der Waals surface area contributed by atoms with Crippen LogP contribution in [0.15, 0.2) is 12.2 Å². The van der Waals surface area contributed by atoms with E-state index in [9.17, 15) is 4.79 Å². The molecule has 3 heteroatoms. The van der Waals surface area contributed by atoms with E-state index in [1.165, 1.54) is 0 Å². The molecule has 1 aliphatic heterocycles. The Hall–Kier alpha value is -0.500. The van der Waals surface area contributed by atoms with E-state index in [1.807, 2.05) is 0 Å². The first-order chi connectivity index (χ1) is 5.52. The van der Waals surface area contributed by atoms with Crippen LogP contribution in [0.1, 0.15) is 20.3 Å². The molecule has 0 bridgehead atoms. The first kappa shape index (κ1) is 9.59. The van der Waals surface area contributed by atoms with E-state index < -0.39 is 5.38 Å². The lowest BCUT2D eigenvalue weighted by atomic mass is 10.0. The first-order valence-corrected chi connectivity index (χ1v) is 4.49. The van der Waals surface area contributed by atoms with Crippen molar-refractivity contribution in [3.05, 3.63) is 12.2 Å². The van der Waals surface area contributed by atoms with Gasteiger partial charge in [0.25, 0.3) is 0 Å². The molecule has 0 spiro atoms. The number of carbonyl (C=O) groups excluding carboxylic acids is 1. The molecule has 0 aromatic heterocycles. The second-order valence-corrected chi connectivity index (χ2v) is 3.93. The summed E-state index contributed by atoms with van der Waals surface area (Å²) in [5, 5.41) is -0.631. The number of halogens is 1. The molecule has 1 aliphatic rings. The van der Waals surface area contributed by atoms with E-state index in [4.69, 9.17) is 16.3 Å². The van der Waals surface area contributed by atoms with Gasteiger partial charge in [0, 0.05) is 0 Å². The zero-order chi connectivity index (χ0) is 9.30. The average Bonchev–Trinajstić information content (AvgIpc) is 2.17. The van der Waals surface area contributed by atoms with Gasteiger partial charge >= 0.3 is 5.97 Å². The lowest BCUT2D eigenvalue weighted by Crippen LogP contribution is -2.11. The lowest BCUT2D eigenvalue weighted by Gasteiger charge is -2.12. The van der Waals surface area contributed by atoms with Crippen LogP contribution in [0.2, 0.25) is 0 Å². The fraction of sp³-hybridized carbons (Fsp3) is 0.667. The normalized spacial score (nSPS) is 29.7. The summed E-state index contributed by atoms with van der Waals surface area (Å²) in [6, 6.07) is 0. The Morgan fingerprint density at radius 3 is 2.58 bits per heavy atom. The zero-order valence-corrected chi connectivity index (χ0v) is 8.10. The Balaban J connectivity index is 2.59. The van der Waals surface area contributed by atoms with E-state index in [1.54, 1.807) is 0 Å². The maximum absolute atomic E-state index is 11.0. The number of ether oxygens (including phenoxy) is 1. The molecule has 0 saturated carbocycles. The quantitative estimate of drug-likeness (QED) is 0.377. The molecule has 0 radical (unpaired) electrons. The van der Waals surface area contributed by atoms with Crippen LogP contribution in [0.5, 0.6) is 0 Å². The Bertz CT molecular complexity index is 211. The molecular formula is C9H13ClO2. The van der Waals surface area contributed by atoms with E-state index >= 15 is 0 Å². The van der Waals surface area contributed by atoms with Crippen LogP contribution in [0.4, 0.5) is 0 Å². The van der Waals surface area contributed by atoms with Crippen molar-refractivity contribution < 1.29 is 9.53 Å². The van der Waals surface area contributed by atoms with E-state index in [-0.39, 0.29) is 12.1 Å². The molecule has 0 N–H and O–H groups in total. The maximum Gasteiger partial charge on any atom is 0.329 e. The lowest BCUT2D eigenvalue weighted by molar-refractivity contribution is -0.141. The number of rotatable bonds is 2. The minimum Gasteiger partial charge on any atom is -0.456 e. The highest BCUT2D eigenvalue weighted by molar-refractivity contribution is 6.32. The SMILES string of the molecule is C=C1C(CC(C)C)OC(=O)[C@H]1Cl. The fourth-order valence-corrected chi connectivity index (χ4v) is 1.41. The van der Waals surface area contributed by atoms with Crippen molar-refractivity contribution in [1.82, 2.24) is 0 Å². The number of hydrogen-bond acceptors (Lipinski definition) is 2. The van der Waals surface area contributed by atoms with Gasteiger partial charge in [0.1, 0.15) is 6.10 Å². The standard InChI is InChI=1S/C9H13ClO2/c1-5(2)4-7-6(3)8(10)9(11)12-7/h5,7-8H,3-4H2,1-2H3/t7?,8-/m0/s1. The van der Waals surface area contributed by atoms with Crippen LogP contribution >= 0.6 is 11.6 Å². The monoisotopic (exact) mass is 188 g/mol. The van der Waals surface area contributed by atoms with Gasteiger partial charge in [0.05, 0.1) is 0 Å². The van der Waals surface area contributed by atoms with Crippen LogP contribution in [0, 0.1) is 5.92 Å². The molecule has 1 rings (SSSR count). The third kappa shape index (κ3) is 1.81. The second-order valence-electron chi connectivity index (χ2n) is 3.49. The van der Waals surface area contributed by atoms with Crippen LogP contribution in [-0.4, -0.2) is 17.5 Å². The second kappa shape index (κ2) is 3.48. The van der Waals surface area contributed by atoms with Crippen molar-refractivity contribution in [2.75, 3.05) is 0 Å². The van der Waals surface area contributed by atoms with Crippen molar-refractivity contribution in [2.45, 2.75) is 31.7 Å². The summed E-state index contributed by atoms with van der Waals surface area (Å²) in [4.78, 5) is 11.0. The summed E-state index contributed by atoms with van der Waals surface area (Å²) < 4.78 is 5.03. The highest BCUT2D eigenvalue weighted by atomic mass is 35.5. The molecule has 2 nitrogen and oxygen atoms in total. The van der Waals surface area contributed by atoms with Gasteiger partial charge in [-0.25, -0.2) is 0 Å². The Kier molecular flexibility index (Phi) is 2.78. The smallest absolute Gasteiger partial charge is 0.329 e. The number of hydrogen-bond donors (Lipinski definition) is 0. The van der Waals surface area contributed by atoms with Crippen molar-refractivity contribution in [3.8, 4) is 0 Å². The molecule has 0 aromatic carbocycles. The van der Waals surface area contributed by atoms with Gasteiger partial charge in [-0.1, -0.05) is 20.4 Å². The molecule has 0 aromatic rings. The average molecular weight is 189 g/mol. The van der Waals surface area contributed by atoms with Crippen molar-refractivity contribution >= 4 is 17.6 Å². The molecule has 68 valence electrons. The van der Waals surface area contributed by atoms with Crippen LogP contribution in [0.25, 0.3) is 0 Å². The minimum absolute atomic E-state index is 0.167. The highest BCUT2D eigenvalue weighted by Gasteiger charge is 2.36. The van der Waals surface area contributed by atoms with Gasteiger partial charge in [-0.05, 0) is 17.9 Å². The third-order valence-corrected chi connectivity index (χ3v) is 2.35. The topological polar surface area (TPSA) is 26.3 Å². The van der Waals surface area contributed by atoms with Gasteiger partial charge in [0.2, 0.25) is 0 Å². The molecular weight excluding hydrogens is 176 g/mol. The largest absolute Gasteiger partial charge is 0.456 e. The van der Waals surface area contributed by atoms with Crippen molar-refractivity contribution in [3.63, 3.8) is 0 Å². The van der Waals surface area contributed by atoms with Crippen LogP contribution in [0.3, 0.4) is 0 Å². The van der Waals surface area contributed by atoms with E-state index in [0.717, 1.165) is 6.42 Å². The van der Waals surface area contributed by atoms with Gasteiger partial charge < -0.3 is 4.74 Å². The summed E-state index contributed by atoms with van der Waals surface area (Å²) >= 11 is 5.72. The number of esters is 1. The maximum atomic E-state index is 11.0. The summed E-state index contributed by atoms with van der Waals surface area (Å²) in [5.74, 6) is 0.133. The summed E-state index contributed by atoms with van der Waals surface area (Å²) in [6.45, 7) is 7.89. The van der Waals surface area contributed by atoms with E-state index in [2.05, 4.69) is 20.4 Å². The Morgan fingerprint density at radius 1 is 1.67 bits per heavy atom. The van der Waals surface area contributed by atoms with Crippen LogP contribution < -0.4 is 0 Å². The summed E-state index contributed by atoms with van der Waals surface area (Å²) in [7, 11) is 0. The molecule has 1 fully saturated rings. The Labute approximate surface area is 77.5 Å². The molecule has 2 atom stereocenters. The molecule has 0 aliphatic carbocycles. The number of alkyl halides is 1. The van der Waals surface area contributed by atoms with Gasteiger partial charge in [0.15, 0.2) is 5.38 Å². The molecule has 1 saturated heterocycles. The highest BCUT2D eigenvalue weighted by Crippen LogP contribution is 2.28. The fourth-order valence-electron chi connectivity index (χ4n) is 1.22. The molecule has 0 amide bonds. The van der Waals surface area contributed by atoms with Gasteiger partial charge in [-0.15, -0.1) is 11.6 Å². The predicted molar refractivity (Wildman–Crippen MR) is 48.1 cm³/mol. The third-order valence-electron chi connectivity index (χ3n) is 1.89. The van der Waals surface area contributed by atoms with Crippen molar-refractivity contribution in [1.29, 1.82) is 0 Å². The van der Waals surface area contributed by atoms with Gasteiger partial charge in [-0.3, -0.25) is 4.79 Å². The Morgan fingerprint density at radius 2 is 2.25 bits per heavy atom. The summed E-state index contributed by atoms with van der Waals surface area (Å²) in [6.07, 6.45) is 0.647. The number of cyclic esters (lactones) is 1. The predicted octanol–water partition coefficient (Wildman–Crippen LogP) is 2.12. The van der Waals surface area contributed by atoms with Crippen LogP contribution in [-0.2, 0) is 9.53 Å². The van der Waals surface area contributed by atoms with E-state index in [0.29, 0.717) is 11.5 Å². The molecule has 1 heterocycles. The first-order valence-electron chi connectivity index (χ1n) is 4.05. The van der Waals surface area contributed by atoms with Crippen molar-refractivity contribution in [2.24, 2.45) is 5.92 Å². The zero-order valence-electron chi connectivity index (χ0n) is 7.34. The van der Waals surface area contributed by atoms with Gasteiger partial charge in [-0.2, -0.15) is 0 Å². The molecule has 1 unspecified atom stereocenters. The minimum atomic E-state index is -0.631. The number of carbonyl (C=O) groups is 1.